The molecule has 0 bridgehead atoms. The van der Waals surface area contributed by atoms with E-state index in [0.717, 1.165) is 27.0 Å². The van der Waals surface area contributed by atoms with Gasteiger partial charge in [0.25, 0.3) is 0 Å². The summed E-state index contributed by atoms with van der Waals surface area (Å²) in [5, 5.41) is 2.48. The lowest BCUT2D eigenvalue weighted by Crippen LogP contribution is -2.40. The standard InChI is InChI=1S/C24H25N5OS2/c25-19(14-28-32-24-11-10-23(31-24)17-6-2-1-3-7-17)15-29(26)20(16-30)12-18-13-27-22-9-5-4-8-21(18)22/h1-11,13,15-16,20,27-28H,12,14,25-26H2/b19-15-. The lowest BCUT2D eigenvalue weighted by Gasteiger charge is -2.22. The number of aromatic nitrogens is 1. The quantitative estimate of drug-likeness (QED) is 0.121. The Bertz CT molecular complexity index is 1200. The first-order valence-electron chi connectivity index (χ1n) is 10.2. The molecule has 0 saturated carbocycles. The van der Waals surface area contributed by atoms with Crippen LogP contribution in [0.15, 0.2) is 89.0 Å². The van der Waals surface area contributed by atoms with Crippen LogP contribution in [-0.2, 0) is 11.2 Å². The van der Waals surface area contributed by atoms with Crippen molar-refractivity contribution in [2.45, 2.75) is 16.7 Å². The Balaban J connectivity index is 1.31. The number of aromatic amines is 1. The first-order valence-corrected chi connectivity index (χ1v) is 11.8. The summed E-state index contributed by atoms with van der Waals surface area (Å²) < 4.78 is 4.40. The molecular formula is C24H25N5OS2. The van der Waals surface area contributed by atoms with Gasteiger partial charge in [-0.2, -0.15) is 0 Å². The van der Waals surface area contributed by atoms with Gasteiger partial charge in [-0.05, 0) is 41.3 Å². The molecule has 1 unspecified atom stereocenters. The fourth-order valence-electron chi connectivity index (χ4n) is 3.41. The summed E-state index contributed by atoms with van der Waals surface area (Å²) in [6.45, 7) is 0.440. The molecule has 0 fully saturated rings. The maximum Gasteiger partial charge on any atom is 0.144 e. The topological polar surface area (TPSA) is 100 Å². The van der Waals surface area contributed by atoms with Crippen molar-refractivity contribution in [3.05, 3.63) is 90.4 Å². The lowest BCUT2D eigenvalue weighted by molar-refractivity contribution is -0.111. The summed E-state index contributed by atoms with van der Waals surface area (Å²) in [4.78, 5) is 16.1. The molecule has 0 amide bonds. The van der Waals surface area contributed by atoms with Gasteiger partial charge >= 0.3 is 0 Å². The Labute approximate surface area is 195 Å². The molecule has 164 valence electrons. The average molecular weight is 464 g/mol. The number of aldehydes is 1. The summed E-state index contributed by atoms with van der Waals surface area (Å²) in [7, 11) is 0. The Kier molecular flexibility index (Phi) is 7.28. The predicted molar refractivity (Wildman–Crippen MR) is 134 cm³/mol. The number of para-hydroxylation sites is 1. The number of hydrogen-bond donors (Lipinski definition) is 4. The largest absolute Gasteiger partial charge is 0.400 e. The van der Waals surface area contributed by atoms with Gasteiger partial charge in [-0.25, -0.2) is 5.84 Å². The number of nitrogens with one attached hydrogen (secondary N) is 2. The highest BCUT2D eigenvalue weighted by atomic mass is 32.2. The van der Waals surface area contributed by atoms with Gasteiger partial charge in [0.1, 0.15) is 12.3 Å². The van der Waals surface area contributed by atoms with Crippen molar-refractivity contribution in [1.82, 2.24) is 14.7 Å². The second-order valence-corrected chi connectivity index (χ2v) is 9.60. The van der Waals surface area contributed by atoms with E-state index in [1.807, 2.05) is 48.7 Å². The molecule has 1 atom stereocenters. The summed E-state index contributed by atoms with van der Waals surface area (Å²) in [6.07, 6.45) is 4.88. The van der Waals surface area contributed by atoms with E-state index >= 15 is 0 Å². The van der Waals surface area contributed by atoms with Crippen LogP contribution < -0.4 is 16.3 Å². The molecule has 0 aliphatic carbocycles. The van der Waals surface area contributed by atoms with Crippen LogP contribution in [0.1, 0.15) is 5.56 Å². The van der Waals surface area contributed by atoms with Gasteiger partial charge in [-0.15, -0.1) is 11.3 Å². The van der Waals surface area contributed by atoms with Crippen LogP contribution in [-0.4, -0.2) is 28.9 Å². The van der Waals surface area contributed by atoms with Crippen LogP contribution >= 0.6 is 23.3 Å². The molecule has 8 heteroatoms. The molecule has 2 heterocycles. The highest BCUT2D eigenvalue weighted by Crippen LogP contribution is 2.32. The molecule has 0 spiro atoms. The minimum Gasteiger partial charge on any atom is -0.400 e. The minimum absolute atomic E-state index is 0.440. The molecular weight excluding hydrogens is 438 g/mol. The fraction of sp³-hybridized carbons (Fsp3) is 0.125. The van der Waals surface area contributed by atoms with Crippen molar-refractivity contribution in [3.63, 3.8) is 0 Å². The zero-order valence-electron chi connectivity index (χ0n) is 17.4. The van der Waals surface area contributed by atoms with Crippen LogP contribution in [0.3, 0.4) is 0 Å². The molecule has 2 aromatic heterocycles. The Morgan fingerprint density at radius 3 is 2.72 bits per heavy atom. The molecule has 0 saturated heterocycles. The maximum absolute atomic E-state index is 11.7. The van der Waals surface area contributed by atoms with Crippen LogP contribution in [0.2, 0.25) is 0 Å². The number of hydrazine groups is 1. The van der Waals surface area contributed by atoms with E-state index in [-0.39, 0.29) is 0 Å². The van der Waals surface area contributed by atoms with Crippen molar-refractivity contribution < 1.29 is 4.79 Å². The van der Waals surface area contributed by atoms with Gasteiger partial charge in [0.15, 0.2) is 0 Å². The number of nitrogens with two attached hydrogens (primary N) is 2. The number of nitrogens with zero attached hydrogens (tertiary/aromatic N) is 1. The smallest absolute Gasteiger partial charge is 0.144 e. The van der Waals surface area contributed by atoms with Gasteiger partial charge < -0.3 is 20.5 Å². The van der Waals surface area contributed by atoms with Gasteiger partial charge in [0.2, 0.25) is 0 Å². The highest BCUT2D eigenvalue weighted by Gasteiger charge is 2.16. The van der Waals surface area contributed by atoms with E-state index < -0.39 is 6.04 Å². The SMILES string of the molecule is N/C(=C\N(N)C(C=O)Cc1c[nH]c2ccccc12)CNSc1ccc(-c2ccccc2)s1. The van der Waals surface area contributed by atoms with Gasteiger partial charge in [-0.3, -0.25) is 4.72 Å². The number of thiophene rings is 1. The van der Waals surface area contributed by atoms with Crippen LogP contribution in [0.5, 0.6) is 0 Å². The van der Waals surface area contributed by atoms with E-state index in [1.165, 1.54) is 27.4 Å². The number of H-pyrrole nitrogens is 1. The summed E-state index contributed by atoms with van der Waals surface area (Å²) >= 11 is 3.24. The third kappa shape index (κ3) is 5.41. The van der Waals surface area contributed by atoms with E-state index in [1.54, 1.807) is 17.5 Å². The molecule has 4 rings (SSSR count). The van der Waals surface area contributed by atoms with Gasteiger partial charge in [0.05, 0.1) is 4.21 Å². The predicted octanol–water partition coefficient (Wildman–Crippen LogP) is 4.28. The zero-order chi connectivity index (χ0) is 22.3. The number of fused-ring (bicyclic) bond motifs is 1. The summed E-state index contributed by atoms with van der Waals surface area (Å²) in [5.74, 6) is 6.14. The van der Waals surface area contributed by atoms with Crippen molar-refractivity contribution in [1.29, 1.82) is 0 Å². The Morgan fingerprint density at radius 2 is 1.91 bits per heavy atom. The average Bonchev–Trinajstić information content (AvgIpc) is 3.45. The molecule has 0 aliphatic heterocycles. The third-order valence-corrected chi connectivity index (χ3v) is 7.10. The number of hydrogen-bond acceptors (Lipinski definition) is 7. The number of carbonyl (C=O) groups excluding carboxylic acids is 1. The molecule has 4 aromatic rings. The van der Waals surface area contributed by atoms with Crippen molar-refractivity contribution in [3.8, 4) is 10.4 Å². The van der Waals surface area contributed by atoms with E-state index in [0.29, 0.717) is 18.7 Å². The van der Waals surface area contributed by atoms with Crippen LogP contribution in [0, 0.1) is 0 Å². The van der Waals surface area contributed by atoms with E-state index in [2.05, 4.69) is 34.0 Å². The monoisotopic (exact) mass is 463 g/mol. The highest BCUT2D eigenvalue weighted by molar-refractivity contribution is 7.99. The summed E-state index contributed by atoms with van der Waals surface area (Å²) in [5.41, 5.74) is 9.97. The molecule has 0 radical (unpaired) electrons. The van der Waals surface area contributed by atoms with Crippen LogP contribution in [0.4, 0.5) is 0 Å². The Morgan fingerprint density at radius 1 is 1.12 bits per heavy atom. The van der Waals surface area contributed by atoms with Crippen molar-refractivity contribution in [2.24, 2.45) is 11.6 Å². The van der Waals surface area contributed by atoms with Crippen molar-refractivity contribution in [2.75, 3.05) is 6.54 Å². The molecule has 0 aliphatic rings. The Hall–Kier alpha value is -3.04. The first-order chi connectivity index (χ1) is 15.6. The second kappa shape index (κ2) is 10.5. The maximum atomic E-state index is 11.7. The molecule has 32 heavy (non-hydrogen) atoms. The third-order valence-electron chi connectivity index (χ3n) is 5.05. The normalized spacial score (nSPS) is 12.7. The first kappa shape index (κ1) is 22.2. The summed E-state index contributed by atoms with van der Waals surface area (Å²) in [6, 6.07) is 22.0. The zero-order valence-corrected chi connectivity index (χ0v) is 19.0. The molecule has 6 N–H and O–H groups in total. The van der Waals surface area contributed by atoms with E-state index in [4.69, 9.17) is 11.6 Å². The number of benzene rings is 2. The van der Waals surface area contributed by atoms with Crippen molar-refractivity contribution >= 4 is 40.5 Å². The minimum atomic E-state index is -0.508. The number of carbonyl (C=O) groups is 1. The van der Waals surface area contributed by atoms with Gasteiger partial charge in [-0.1, -0.05) is 48.5 Å². The number of rotatable bonds is 10. The van der Waals surface area contributed by atoms with Crippen LogP contribution in [0.25, 0.3) is 21.3 Å². The fourth-order valence-corrected chi connectivity index (χ4v) is 5.28. The van der Waals surface area contributed by atoms with E-state index in [9.17, 15) is 4.79 Å². The molecule has 2 aromatic carbocycles. The second-order valence-electron chi connectivity index (χ2n) is 7.33. The lowest BCUT2D eigenvalue weighted by atomic mass is 10.1. The molecule has 6 nitrogen and oxygen atoms in total. The van der Waals surface area contributed by atoms with Gasteiger partial charge in [0, 0.05) is 46.8 Å².